The van der Waals surface area contributed by atoms with Gasteiger partial charge >= 0.3 is 0 Å². The highest BCUT2D eigenvalue weighted by Crippen LogP contribution is 2.41. The third kappa shape index (κ3) is 6.42. The van der Waals surface area contributed by atoms with E-state index in [1.165, 1.54) is 11.3 Å². The number of benzene rings is 2. The van der Waals surface area contributed by atoms with Crippen LogP contribution in [-0.2, 0) is 17.6 Å². The van der Waals surface area contributed by atoms with Crippen LogP contribution in [0.3, 0.4) is 0 Å². The Labute approximate surface area is 240 Å². The first-order chi connectivity index (χ1) is 19.4. The topological polar surface area (TPSA) is 78.5 Å². The van der Waals surface area contributed by atoms with Crippen LogP contribution in [-0.4, -0.2) is 30.8 Å². The predicted octanol–water partition coefficient (Wildman–Crippen LogP) is 6.68. The summed E-state index contributed by atoms with van der Waals surface area (Å²) < 4.78 is 0. The zero-order valence-corrected chi connectivity index (χ0v) is 24.5. The van der Waals surface area contributed by atoms with Crippen molar-refractivity contribution in [1.82, 2.24) is 10.6 Å². The highest BCUT2D eigenvalue weighted by molar-refractivity contribution is 7.17. The summed E-state index contributed by atoms with van der Waals surface area (Å²) in [5.74, 6) is -0.258. The average Bonchev–Trinajstić information content (AvgIpc) is 3.34. The number of aryl methyl sites for hydroxylation is 1. The molecule has 3 aromatic rings. The van der Waals surface area contributed by atoms with Crippen molar-refractivity contribution in [2.75, 3.05) is 18.0 Å². The maximum atomic E-state index is 13.8. The Kier molecular flexibility index (Phi) is 9.72. The molecule has 2 aromatic carbocycles. The first-order valence-corrected chi connectivity index (χ1v) is 14.8. The van der Waals surface area contributed by atoms with Crippen LogP contribution >= 0.6 is 11.3 Å². The second kappa shape index (κ2) is 13.4. The molecule has 0 spiro atoms. The number of hydrogen-bond donors (Lipinski definition) is 2. The molecule has 0 aliphatic carbocycles. The molecule has 1 aromatic heterocycles. The van der Waals surface area contributed by atoms with Gasteiger partial charge in [-0.05, 0) is 68.0 Å². The summed E-state index contributed by atoms with van der Waals surface area (Å²) in [7, 11) is 0. The predicted molar refractivity (Wildman–Crippen MR) is 164 cm³/mol. The van der Waals surface area contributed by atoms with Gasteiger partial charge in [-0.3, -0.25) is 14.4 Å². The van der Waals surface area contributed by atoms with Crippen molar-refractivity contribution in [3.8, 4) is 10.4 Å². The maximum absolute atomic E-state index is 13.8. The molecule has 0 radical (unpaired) electrons. The molecule has 0 unspecified atom stereocenters. The van der Waals surface area contributed by atoms with Gasteiger partial charge in [0, 0.05) is 40.4 Å². The Morgan fingerprint density at radius 3 is 2.48 bits per heavy atom. The lowest BCUT2D eigenvalue weighted by molar-refractivity contribution is -0.115. The van der Waals surface area contributed by atoms with Crippen molar-refractivity contribution >= 4 is 34.7 Å². The number of fused-ring (bicyclic) bond motifs is 3. The van der Waals surface area contributed by atoms with E-state index in [4.69, 9.17) is 0 Å². The van der Waals surface area contributed by atoms with E-state index in [9.17, 15) is 14.4 Å². The van der Waals surface area contributed by atoms with Crippen molar-refractivity contribution in [3.05, 3.63) is 99.6 Å². The Morgan fingerprint density at radius 1 is 0.975 bits per heavy atom. The zero-order valence-electron chi connectivity index (χ0n) is 23.7. The van der Waals surface area contributed by atoms with Gasteiger partial charge in [0.25, 0.3) is 17.7 Å². The summed E-state index contributed by atoms with van der Waals surface area (Å²) in [5, 5.41) is 5.92. The fourth-order valence-corrected chi connectivity index (χ4v) is 5.98. The minimum atomic E-state index is -0.153. The lowest BCUT2D eigenvalue weighted by Crippen LogP contribution is -2.33. The summed E-state index contributed by atoms with van der Waals surface area (Å²) in [4.78, 5) is 42.9. The molecule has 3 amide bonds. The number of carbonyl (C=O) groups excluding carboxylic acids is 3. The molecule has 0 fully saturated rings. The number of nitrogens with one attached hydrogen (secondary N) is 2. The van der Waals surface area contributed by atoms with Crippen molar-refractivity contribution < 1.29 is 14.4 Å². The Balaban J connectivity index is 1.56. The van der Waals surface area contributed by atoms with E-state index in [2.05, 4.69) is 10.6 Å². The van der Waals surface area contributed by atoms with Crippen molar-refractivity contribution in [2.45, 2.75) is 53.4 Å². The third-order valence-electron chi connectivity index (χ3n) is 7.00. The largest absolute Gasteiger partial charge is 0.351 e. The van der Waals surface area contributed by atoms with Crippen LogP contribution in [0.1, 0.15) is 71.7 Å². The summed E-state index contributed by atoms with van der Waals surface area (Å²) >= 11 is 1.48. The zero-order chi connectivity index (χ0) is 28.6. The molecule has 4 rings (SSSR count). The monoisotopic (exact) mass is 555 g/mol. The molecular weight excluding hydrogens is 518 g/mol. The number of thiophene rings is 1. The normalized spacial score (nSPS) is 13.2. The molecule has 0 saturated carbocycles. The van der Waals surface area contributed by atoms with Crippen LogP contribution in [0.25, 0.3) is 10.4 Å². The van der Waals surface area contributed by atoms with Crippen LogP contribution in [0.2, 0.25) is 0 Å². The number of para-hydroxylation sites is 1. The SMILES string of the molecule is CCCNC(=O)c1cc2c(s1)-c1ccccc1N(C(=O)C(=CC=C(C)NC(=O)c1ccccc1CC)CC)CC2. The number of allylic oxidation sites excluding steroid dienone is 3. The quantitative estimate of drug-likeness (QED) is 0.228. The molecule has 208 valence electrons. The number of nitrogens with zero attached hydrogens (tertiary/aromatic N) is 1. The minimum absolute atomic E-state index is 0.0472. The van der Waals surface area contributed by atoms with Crippen molar-refractivity contribution in [1.29, 1.82) is 0 Å². The minimum Gasteiger partial charge on any atom is -0.351 e. The number of rotatable bonds is 9. The van der Waals surface area contributed by atoms with Crippen LogP contribution < -0.4 is 15.5 Å². The Bertz CT molecular complexity index is 1470. The number of anilines is 1. The molecule has 40 heavy (non-hydrogen) atoms. The Hall–Kier alpha value is -3.97. The lowest BCUT2D eigenvalue weighted by Gasteiger charge is -2.24. The highest BCUT2D eigenvalue weighted by Gasteiger charge is 2.27. The fourth-order valence-electron chi connectivity index (χ4n) is 4.82. The van der Waals surface area contributed by atoms with Gasteiger partial charge in [-0.1, -0.05) is 63.2 Å². The molecule has 2 heterocycles. The first kappa shape index (κ1) is 29.0. The summed E-state index contributed by atoms with van der Waals surface area (Å²) in [5.41, 5.74) is 5.87. The molecule has 7 heteroatoms. The van der Waals surface area contributed by atoms with E-state index in [-0.39, 0.29) is 17.7 Å². The van der Waals surface area contributed by atoms with Crippen LogP contribution in [0, 0.1) is 0 Å². The van der Waals surface area contributed by atoms with Crippen LogP contribution in [0.5, 0.6) is 0 Å². The van der Waals surface area contributed by atoms with Crippen LogP contribution in [0.15, 0.2) is 78.0 Å². The van der Waals surface area contributed by atoms with Crippen LogP contribution in [0.4, 0.5) is 5.69 Å². The first-order valence-electron chi connectivity index (χ1n) is 14.0. The molecule has 1 aliphatic rings. The van der Waals surface area contributed by atoms with Gasteiger partial charge in [0.05, 0.1) is 10.6 Å². The van der Waals surface area contributed by atoms with E-state index < -0.39 is 0 Å². The molecule has 0 saturated heterocycles. The molecule has 0 bridgehead atoms. The standard InChI is InChI=1S/C33H37N3O3S/c1-5-19-34-32(38)29-21-25-18-20-36(28-15-11-10-14-27(28)30(25)40-29)33(39)24(7-3)17-16-22(4)35-31(37)26-13-9-8-12-23(26)6-2/h8-17,21H,5-7,18-20H2,1-4H3,(H,34,38)(H,35,37). The van der Waals surface area contributed by atoms with E-state index in [1.54, 1.807) is 6.08 Å². The lowest BCUT2D eigenvalue weighted by atomic mass is 10.0. The maximum Gasteiger partial charge on any atom is 0.261 e. The van der Waals surface area contributed by atoms with Gasteiger partial charge in [-0.15, -0.1) is 11.3 Å². The highest BCUT2D eigenvalue weighted by atomic mass is 32.1. The van der Waals surface area contributed by atoms with Gasteiger partial charge in [0.1, 0.15) is 0 Å². The number of carbonyl (C=O) groups is 3. The van der Waals surface area contributed by atoms with E-state index >= 15 is 0 Å². The van der Waals surface area contributed by atoms with E-state index in [0.29, 0.717) is 47.6 Å². The van der Waals surface area contributed by atoms with Gasteiger partial charge in [-0.25, -0.2) is 0 Å². The third-order valence-corrected chi connectivity index (χ3v) is 8.21. The van der Waals surface area contributed by atoms with Crippen molar-refractivity contribution in [3.63, 3.8) is 0 Å². The summed E-state index contributed by atoms with van der Waals surface area (Å²) in [6, 6.07) is 17.5. The average molecular weight is 556 g/mol. The second-order valence-electron chi connectivity index (χ2n) is 9.80. The molecule has 1 aliphatic heterocycles. The number of hydrogen-bond acceptors (Lipinski definition) is 4. The van der Waals surface area contributed by atoms with Crippen molar-refractivity contribution in [2.24, 2.45) is 0 Å². The second-order valence-corrected chi connectivity index (χ2v) is 10.9. The molecule has 0 atom stereocenters. The number of amides is 3. The Morgan fingerprint density at radius 2 is 1.73 bits per heavy atom. The fraction of sp³-hybridized carbons (Fsp3) is 0.303. The molecular formula is C33H37N3O3S. The smallest absolute Gasteiger partial charge is 0.261 e. The summed E-state index contributed by atoms with van der Waals surface area (Å²) in [6.45, 7) is 9.01. The van der Waals surface area contributed by atoms with E-state index in [0.717, 1.165) is 40.1 Å². The van der Waals surface area contributed by atoms with Gasteiger partial charge in [-0.2, -0.15) is 0 Å². The molecule has 2 N–H and O–H groups in total. The summed E-state index contributed by atoms with van der Waals surface area (Å²) in [6.07, 6.45) is 6.48. The van der Waals surface area contributed by atoms with Gasteiger partial charge in [0.2, 0.25) is 0 Å². The van der Waals surface area contributed by atoms with E-state index in [1.807, 2.05) is 93.3 Å². The van der Waals surface area contributed by atoms with Gasteiger partial charge < -0.3 is 15.5 Å². The molecule has 6 nitrogen and oxygen atoms in total. The van der Waals surface area contributed by atoms with Gasteiger partial charge in [0.15, 0.2) is 0 Å².